The predicted molar refractivity (Wildman–Crippen MR) is 86.0 cm³/mol. The molecule has 6 atom stereocenters. The average molecular weight is 353 g/mol. The Morgan fingerprint density at radius 2 is 1.90 bits per heavy atom. The maximum Gasteiger partial charge on any atom is 0.169 e. The second-order valence-electron chi connectivity index (χ2n) is 8.02. The highest BCUT2D eigenvalue weighted by Crippen LogP contribution is 2.62. The number of hydrogen-bond acceptors (Lipinski definition) is 2. The van der Waals surface area contributed by atoms with Crippen LogP contribution >= 0.6 is 15.9 Å². The number of carbonyl (C=O) groups excluding carboxylic acids is 1. The fourth-order valence-corrected chi connectivity index (χ4v) is 6.90. The number of allylic oxidation sites excluding steroid dienone is 1. The van der Waals surface area contributed by atoms with Crippen LogP contribution in [0.1, 0.15) is 58.3 Å². The van der Waals surface area contributed by atoms with Crippen molar-refractivity contribution in [1.29, 1.82) is 0 Å². The van der Waals surface area contributed by atoms with Gasteiger partial charge in [-0.1, -0.05) is 6.92 Å². The number of ketones is 1. The third-order valence-electron chi connectivity index (χ3n) is 7.36. The summed E-state index contributed by atoms with van der Waals surface area (Å²) in [4.78, 5) is 11.9. The van der Waals surface area contributed by atoms with Gasteiger partial charge in [-0.2, -0.15) is 0 Å². The molecule has 0 spiro atoms. The van der Waals surface area contributed by atoms with Crippen molar-refractivity contribution < 1.29 is 9.90 Å². The molecule has 0 aromatic carbocycles. The van der Waals surface area contributed by atoms with Gasteiger partial charge < -0.3 is 5.11 Å². The summed E-state index contributed by atoms with van der Waals surface area (Å²) in [5, 5.41) is 10.4. The maximum absolute atomic E-state index is 11.9. The molecule has 2 nitrogen and oxygen atoms in total. The molecular formula is C18H25BrO2. The van der Waals surface area contributed by atoms with Gasteiger partial charge in [0, 0.05) is 6.42 Å². The van der Waals surface area contributed by atoms with E-state index in [2.05, 4.69) is 22.9 Å². The molecular weight excluding hydrogens is 328 g/mol. The van der Waals surface area contributed by atoms with Crippen LogP contribution in [-0.4, -0.2) is 17.0 Å². The first-order valence-corrected chi connectivity index (χ1v) is 9.41. The van der Waals surface area contributed by atoms with Crippen molar-refractivity contribution in [3.05, 3.63) is 10.1 Å². The van der Waals surface area contributed by atoms with Crippen LogP contribution in [0.5, 0.6) is 0 Å². The van der Waals surface area contributed by atoms with E-state index in [1.165, 1.54) is 31.3 Å². The Kier molecular flexibility index (Phi) is 3.39. The predicted octanol–water partition coefficient (Wildman–Crippen LogP) is 4.21. The summed E-state index contributed by atoms with van der Waals surface area (Å²) in [5.41, 5.74) is 1.60. The number of Topliss-reactive ketones (excluding diaryl/α,β-unsaturated/α-hetero) is 1. The Hall–Kier alpha value is -0.150. The number of hydrogen-bond donors (Lipinski definition) is 1. The first kappa shape index (κ1) is 14.4. The Bertz CT molecular complexity index is 511. The van der Waals surface area contributed by atoms with Crippen LogP contribution in [0.15, 0.2) is 10.1 Å². The molecule has 0 aliphatic heterocycles. The minimum atomic E-state index is -0.0833. The van der Waals surface area contributed by atoms with Crippen molar-refractivity contribution in [2.24, 2.45) is 29.1 Å². The molecule has 3 fully saturated rings. The summed E-state index contributed by atoms with van der Waals surface area (Å²) < 4.78 is 0.914. The van der Waals surface area contributed by atoms with Gasteiger partial charge in [0.1, 0.15) is 0 Å². The van der Waals surface area contributed by atoms with E-state index in [9.17, 15) is 9.90 Å². The first-order chi connectivity index (χ1) is 10.0. The number of aliphatic hydroxyl groups is 1. The molecule has 3 heteroatoms. The van der Waals surface area contributed by atoms with Gasteiger partial charge in [0.05, 0.1) is 10.6 Å². The number of aliphatic hydroxyl groups excluding tert-OH is 1. The highest BCUT2D eigenvalue weighted by atomic mass is 79.9. The second-order valence-corrected chi connectivity index (χ2v) is 8.81. The van der Waals surface area contributed by atoms with Gasteiger partial charge in [-0.05, 0) is 95.5 Å². The molecule has 0 aromatic rings. The zero-order valence-corrected chi connectivity index (χ0v) is 14.4. The van der Waals surface area contributed by atoms with Gasteiger partial charge in [0.2, 0.25) is 0 Å². The number of halogens is 1. The number of fused-ring (bicyclic) bond motifs is 5. The van der Waals surface area contributed by atoms with E-state index in [4.69, 9.17) is 0 Å². The summed E-state index contributed by atoms with van der Waals surface area (Å²) in [7, 11) is 0. The van der Waals surface area contributed by atoms with Crippen molar-refractivity contribution in [3.8, 4) is 0 Å². The lowest BCUT2D eigenvalue weighted by molar-refractivity contribution is -0.116. The quantitative estimate of drug-likeness (QED) is 0.708. The molecule has 0 amide bonds. The van der Waals surface area contributed by atoms with Crippen molar-refractivity contribution in [2.45, 2.75) is 64.4 Å². The molecule has 4 rings (SSSR count). The van der Waals surface area contributed by atoms with E-state index in [1.54, 1.807) is 0 Å². The average Bonchev–Trinajstić information content (AvgIpc) is 2.78. The Morgan fingerprint density at radius 3 is 2.71 bits per heavy atom. The minimum absolute atomic E-state index is 0.0833. The van der Waals surface area contributed by atoms with E-state index in [0.29, 0.717) is 17.6 Å². The summed E-state index contributed by atoms with van der Waals surface area (Å²) in [6.45, 7) is 2.33. The van der Waals surface area contributed by atoms with Crippen LogP contribution < -0.4 is 0 Å². The van der Waals surface area contributed by atoms with Crippen LogP contribution in [-0.2, 0) is 4.79 Å². The third-order valence-corrected chi connectivity index (χ3v) is 8.31. The zero-order chi connectivity index (χ0) is 14.8. The summed E-state index contributed by atoms with van der Waals surface area (Å²) in [5.74, 6) is 3.21. The normalized spacial score (nSPS) is 49.7. The molecule has 0 saturated heterocycles. The maximum atomic E-state index is 11.9. The lowest BCUT2D eigenvalue weighted by Gasteiger charge is -2.53. The fraction of sp³-hybridized carbons (Fsp3) is 0.833. The molecule has 0 radical (unpaired) electrons. The van der Waals surface area contributed by atoms with Crippen LogP contribution in [0.4, 0.5) is 0 Å². The van der Waals surface area contributed by atoms with Crippen molar-refractivity contribution in [2.75, 3.05) is 0 Å². The van der Waals surface area contributed by atoms with Gasteiger partial charge in [-0.25, -0.2) is 0 Å². The van der Waals surface area contributed by atoms with E-state index in [-0.39, 0.29) is 11.5 Å². The van der Waals surface area contributed by atoms with Gasteiger partial charge in [0.25, 0.3) is 0 Å². The zero-order valence-electron chi connectivity index (χ0n) is 12.8. The molecule has 0 bridgehead atoms. The topological polar surface area (TPSA) is 37.3 Å². The molecule has 0 heterocycles. The van der Waals surface area contributed by atoms with Crippen LogP contribution in [0.3, 0.4) is 0 Å². The molecule has 3 saturated carbocycles. The fourth-order valence-electron chi connectivity index (χ4n) is 6.21. The van der Waals surface area contributed by atoms with Gasteiger partial charge >= 0.3 is 0 Å². The van der Waals surface area contributed by atoms with E-state index < -0.39 is 0 Å². The molecule has 0 aromatic heterocycles. The minimum Gasteiger partial charge on any atom is -0.393 e. The highest BCUT2D eigenvalue weighted by Gasteiger charge is 2.56. The molecule has 1 N–H and O–H groups in total. The molecule has 0 unspecified atom stereocenters. The molecule has 4 aliphatic carbocycles. The van der Waals surface area contributed by atoms with Crippen LogP contribution in [0, 0.1) is 29.1 Å². The smallest absolute Gasteiger partial charge is 0.169 e. The van der Waals surface area contributed by atoms with Gasteiger partial charge in [-0.15, -0.1) is 0 Å². The van der Waals surface area contributed by atoms with Crippen molar-refractivity contribution >= 4 is 21.7 Å². The Morgan fingerprint density at radius 1 is 1.10 bits per heavy atom. The lowest BCUT2D eigenvalue weighted by atomic mass is 9.52. The molecule has 21 heavy (non-hydrogen) atoms. The lowest BCUT2D eigenvalue weighted by Crippen LogP contribution is -2.47. The second kappa shape index (κ2) is 4.92. The van der Waals surface area contributed by atoms with E-state index in [0.717, 1.165) is 42.0 Å². The van der Waals surface area contributed by atoms with E-state index in [1.807, 2.05) is 0 Å². The van der Waals surface area contributed by atoms with Crippen molar-refractivity contribution in [1.82, 2.24) is 0 Å². The summed E-state index contributed by atoms with van der Waals surface area (Å²) >= 11 is 3.58. The standard InChI is InChI=1S/C18H25BrO2/c1-18-9-8-11-10-4-6-15(20)17(19)13(10)3-2-12(11)14(18)5-7-16(18)21/h10-12,14,16,21H,2-9H2,1H3/t10-,11+,12-,14-,16-,18-/m0/s1. The summed E-state index contributed by atoms with van der Waals surface area (Å²) in [6.07, 6.45) is 8.67. The SMILES string of the molecule is C[C@]12CC[C@H]3[C@H](CCC4=C(Br)C(=O)CC[C@H]43)[C@@H]1CC[C@@H]2O. The third kappa shape index (κ3) is 1.96. The van der Waals surface area contributed by atoms with Gasteiger partial charge in [0.15, 0.2) is 5.78 Å². The monoisotopic (exact) mass is 352 g/mol. The van der Waals surface area contributed by atoms with Crippen LogP contribution in [0.25, 0.3) is 0 Å². The summed E-state index contributed by atoms with van der Waals surface area (Å²) in [6, 6.07) is 0. The highest BCUT2D eigenvalue weighted by molar-refractivity contribution is 9.12. The number of rotatable bonds is 0. The number of carbonyl (C=O) groups is 1. The van der Waals surface area contributed by atoms with Crippen LogP contribution in [0.2, 0.25) is 0 Å². The molecule has 116 valence electrons. The van der Waals surface area contributed by atoms with E-state index >= 15 is 0 Å². The first-order valence-electron chi connectivity index (χ1n) is 8.62. The largest absolute Gasteiger partial charge is 0.393 e. The Balaban J connectivity index is 1.66. The molecule has 4 aliphatic rings. The Labute approximate surface area is 135 Å². The van der Waals surface area contributed by atoms with Gasteiger partial charge in [-0.3, -0.25) is 4.79 Å². The van der Waals surface area contributed by atoms with Crippen molar-refractivity contribution in [3.63, 3.8) is 0 Å².